The molecule has 0 aliphatic carbocycles. The lowest BCUT2D eigenvalue weighted by Gasteiger charge is -2.06. The number of amides is 1. The van der Waals surface area contributed by atoms with Gasteiger partial charge >= 0.3 is 0 Å². The van der Waals surface area contributed by atoms with Crippen LogP contribution < -0.4 is 5.32 Å². The Hall–Kier alpha value is -1.95. The minimum absolute atomic E-state index is 0.134. The zero-order valence-electron chi connectivity index (χ0n) is 10.9. The molecule has 0 fully saturated rings. The van der Waals surface area contributed by atoms with Crippen molar-refractivity contribution < 1.29 is 18.0 Å². The highest BCUT2D eigenvalue weighted by Crippen LogP contribution is 2.16. The number of carbonyl (C=O) groups excluding carboxylic acids is 1. The Morgan fingerprint density at radius 1 is 1.05 bits per heavy atom. The summed E-state index contributed by atoms with van der Waals surface area (Å²) in [6, 6.07) is 9.28. The van der Waals surface area contributed by atoms with E-state index in [-0.39, 0.29) is 23.2 Å². The van der Waals surface area contributed by atoms with Gasteiger partial charge in [0.25, 0.3) is 0 Å². The Morgan fingerprint density at radius 3 is 2.57 bits per heavy atom. The van der Waals surface area contributed by atoms with Crippen LogP contribution in [0.15, 0.2) is 42.5 Å². The number of anilines is 1. The molecular formula is C15H12F3NOS. The minimum atomic E-state index is -1.01. The first-order chi connectivity index (χ1) is 10.0. The van der Waals surface area contributed by atoms with Crippen LogP contribution in [0.1, 0.15) is 5.56 Å². The third-order valence-corrected chi connectivity index (χ3v) is 3.60. The van der Waals surface area contributed by atoms with Gasteiger partial charge in [0.15, 0.2) is 11.6 Å². The number of hydrogen-bond acceptors (Lipinski definition) is 2. The van der Waals surface area contributed by atoms with Crippen LogP contribution in [0.2, 0.25) is 0 Å². The third-order valence-electron chi connectivity index (χ3n) is 2.59. The van der Waals surface area contributed by atoms with Crippen molar-refractivity contribution in [2.24, 2.45) is 0 Å². The van der Waals surface area contributed by atoms with Crippen molar-refractivity contribution in [3.05, 3.63) is 65.5 Å². The molecule has 0 aliphatic heterocycles. The number of thioether (sulfide) groups is 1. The first kappa shape index (κ1) is 15.4. The largest absolute Gasteiger partial charge is 0.325 e. The molecule has 0 saturated carbocycles. The van der Waals surface area contributed by atoms with E-state index in [9.17, 15) is 18.0 Å². The van der Waals surface area contributed by atoms with E-state index in [1.165, 1.54) is 30.0 Å². The zero-order chi connectivity index (χ0) is 15.2. The molecule has 0 atom stereocenters. The van der Waals surface area contributed by atoms with Gasteiger partial charge in [-0.15, -0.1) is 11.8 Å². The summed E-state index contributed by atoms with van der Waals surface area (Å²) < 4.78 is 38.7. The topological polar surface area (TPSA) is 29.1 Å². The van der Waals surface area contributed by atoms with Gasteiger partial charge in [-0.2, -0.15) is 0 Å². The van der Waals surface area contributed by atoms with Crippen LogP contribution in [0.5, 0.6) is 0 Å². The molecule has 0 spiro atoms. The van der Waals surface area contributed by atoms with E-state index >= 15 is 0 Å². The van der Waals surface area contributed by atoms with Crippen LogP contribution >= 0.6 is 11.8 Å². The fourth-order valence-electron chi connectivity index (χ4n) is 1.66. The normalized spacial score (nSPS) is 10.4. The Labute approximate surface area is 124 Å². The van der Waals surface area contributed by atoms with Crippen LogP contribution in [0.25, 0.3) is 0 Å². The maximum atomic E-state index is 13.0. The van der Waals surface area contributed by atoms with E-state index < -0.39 is 11.6 Å². The van der Waals surface area contributed by atoms with Gasteiger partial charge in [0.05, 0.1) is 5.75 Å². The molecule has 2 rings (SSSR count). The zero-order valence-corrected chi connectivity index (χ0v) is 11.7. The monoisotopic (exact) mass is 311 g/mol. The van der Waals surface area contributed by atoms with Crippen molar-refractivity contribution in [1.82, 2.24) is 0 Å². The summed E-state index contributed by atoms with van der Waals surface area (Å²) in [5, 5.41) is 2.47. The molecule has 0 heterocycles. The highest BCUT2D eigenvalue weighted by Gasteiger charge is 2.06. The standard InChI is InChI=1S/C15H12F3NOS/c16-11-3-1-2-10(6-11)8-21-9-15(20)19-12-4-5-13(17)14(18)7-12/h1-7H,8-9H2,(H,19,20). The number of nitrogens with one attached hydrogen (secondary N) is 1. The molecule has 0 unspecified atom stereocenters. The lowest BCUT2D eigenvalue weighted by molar-refractivity contribution is -0.113. The van der Waals surface area contributed by atoms with Gasteiger partial charge < -0.3 is 5.32 Å². The smallest absolute Gasteiger partial charge is 0.234 e. The second-order valence-electron chi connectivity index (χ2n) is 4.30. The maximum Gasteiger partial charge on any atom is 0.234 e. The fraction of sp³-hybridized carbons (Fsp3) is 0.133. The Balaban J connectivity index is 1.81. The molecule has 0 aliphatic rings. The van der Waals surface area contributed by atoms with Gasteiger partial charge in [0.1, 0.15) is 5.82 Å². The molecule has 0 saturated heterocycles. The quantitative estimate of drug-likeness (QED) is 0.905. The van der Waals surface area contributed by atoms with E-state index in [1.54, 1.807) is 12.1 Å². The second-order valence-corrected chi connectivity index (χ2v) is 5.29. The van der Waals surface area contributed by atoms with Gasteiger partial charge in [0, 0.05) is 17.5 Å². The first-order valence-electron chi connectivity index (χ1n) is 6.11. The van der Waals surface area contributed by atoms with E-state index in [0.717, 1.165) is 17.7 Å². The lowest BCUT2D eigenvalue weighted by Crippen LogP contribution is -2.14. The summed E-state index contributed by atoms with van der Waals surface area (Å²) in [7, 11) is 0. The van der Waals surface area contributed by atoms with Crippen molar-refractivity contribution in [1.29, 1.82) is 0 Å². The fourth-order valence-corrected chi connectivity index (χ4v) is 2.43. The lowest BCUT2D eigenvalue weighted by atomic mass is 10.2. The molecule has 1 N–H and O–H groups in total. The summed E-state index contributed by atoms with van der Waals surface area (Å²) in [5.74, 6) is -2.01. The number of hydrogen-bond donors (Lipinski definition) is 1. The van der Waals surface area contributed by atoms with Crippen molar-refractivity contribution in [2.75, 3.05) is 11.1 Å². The molecule has 21 heavy (non-hydrogen) atoms. The van der Waals surface area contributed by atoms with Crippen LogP contribution in [0.3, 0.4) is 0 Å². The van der Waals surface area contributed by atoms with Crippen molar-refractivity contribution in [3.63, 3.8) is 0 Å². The van der Waals surface area contributed by atoms with Crippen molar-refractivity contribution in [3.8, 4) is 0 Å². The molecule has 0 radical (unpaired) electrons. The highest BCUT2D eigenvalue weighted by molar-refractivity contribution is 7.99. The van der Waals surface area contributed by atoms with E-state index in [0.29, 0.717) is 5.75 Å². The Bertz CT molecular complexity index is 649. The average molecular weight is 311 g/mol. The van der Waals surface area contributed by atoms with Crippen molar-refractivity contribution >= 4 is 23.4 Å². The summed E-state index contributed by atoms with van der Waals surface area (Å²) in [6.45, 7) is 0. The molecule has 110 valence electrons. The summed E-state index contributed by atoms with van der Waals surface area (Å²) in [6.07, 6.45) is 0. The predicted molar refractivity (Wildman–Crippen MR) is 77.5 cm³/mol. The molecule has 0 bridgehead atoms. The molecule has 2 nitrogen and oxygen atoms in total. The molecule has 0 aromatic heterocycles. The van der Waals surface area contributed by atoms with Crippen LogP contribution in [-0.4, -0.2) is 11.7 Å². The van der Waals surface area contributed by atoms with Crippen LogP contribution in [0.4, 0.5) is 18.9 Å². The Kier molecular flexibility index (Phi) is 5.27. The van der Waals surface area contributed by atoms with Gasteiger partial charge in [-0.3, -0.25) is 4.79 Å². The number of halogens is 3. The van der Waals surface area contributed by atoms with E-state index in [4.69, 9.17) is 0 Å². The molecular weight excluding hydrogens is 299 g/mol. The van der Waals surface area contributed by atoms with E-state index in [2.05, 4.69) is 5.32 Å². The van der Waals surface area contributed by atoms with Gasteiger partial charge in [0.2, 0.25) is 5.91 Å². The van der Waals surface area contributed by atoms with Crippen LogP contribution in [0, 0.1) is 17.5 Å². The average Bonchev–Trinajstić information content (AvgIpc) is 2.43. The first-order valence-corrected chi connectivity index (χ1v) is 7.27. The highest BCUT2D eigenvalue weighted by atomic mass is 32.2. The third kappa shape index (κ3) is 4.82. The number of benzene rings is 2. The molecule has 1 amide bonds. The van der Waals surface area contributed by atoms with Crippen molar-refractivity contribution in [2.45, 2.75) is 5.75 Å². The summed E-state index contributed by atoms with van der Waals surface area (Å²) >= 11 is 1.30. The minimum Gasteiger partial charge on any atom is -0.325 e. The SMILES string of the molecule is O=C(CSCc1cccc(F)c1)Nc1ccc(F)c(F)c1. The van der Waals surface area contributed by atoms with Gasteiger partial charge in [-0.25, -0.2) is 13.2 Å². The maximum absolute atomic E-state index is 13.0. The summed E-state index contributed by atoms with van der Waals surface area (Å²) in [5.41, 5.74) is 0.978. The Morgan fingerprint density at radius 2 is 1.86 bits per heavy atom. The molecule has 2 aromatic rings. The summed E-state index contributed by atoms with van der Waals surface area (Å²) in [4.78, 5) is 11.6. The predicted octanol–water partition coefficient (Wildman–Crippen LogP) is 3.98. The molecule has 2 aromatic carbocycles. The van der Waals surface area contributed by atoms with Gasteiger partial charge in [-0.1, -0.05) is 12.1 Å². The number of carbonyl (C=O) groups is 1. The van der Waals surface area contributed by atoms with Gasteiger partial charge in [-0.05, 0) is 29.8 Å². The van der Waals surface area contributed by atoms with Crippen LogP contribution in [-0.2, 0) is 10.5 Å². The molecule has 6 heteroatoms. The second kappa shape index (κ2) is 7.17. The van der Waals surface area contributed by atoms with E-state index in [1.807, 2.05) is 0 Å². The number of rotatable bonds is 5.